The highest BCUT2D eigenvalue weighted by Gasteiger charge is 2.33. The van der Waals surface area contributed by atoms with E-state index in [9.17, 15) is 26.4 Å². The SMILES string of the molecule is CCN(CC)S(=O)(=O)c1ccc(C)c(C(=O)NNc2ccccc2C(F)(F)F)c1. The van der Waals surface area contributed by atoms with Gasteiger partial charge in [0, 0.05) is 18.7 Å². The van der Waals surface area contributed by atoms with Gasteiger partial charge in [0.05, 0.1) is 16.1 Å². The van der Waals surface area contributed by atoms with Gasteiger partial charge in [-0.3, -0.25) is 15.6 Å². The number of carbonyl (C=O) groups excluding carboxylic acids is 1. The fraction of sp³-hybridized carbons (Fsp3) is 0.316. The zero-order valence-electron chi connectivity index (χ0n) is 16.2. The first-order valence-corrected chi connectivity index (χ1v) is 10.3. The highest BCUT2D eigenvalue weighted by Crippen LogP contribution is 2.34. The summed E-state index contributed by atoms with van der Waals surface area (Å²) in [6.07, 6.45) is -4.60. The van der Waals surface area contributed by atoms with Crippen molar-refractivity contribution in [2.24, 2.45) is 0 Å². The van der Waals surface area contributed by atoms with Crippen LogP contribution in [-0.4, -0.2) is 31.7 Å². The van der Waals surface area contributed by atoms with Crippen molar-refractivity contribution >= 4 is 21.6 Å². The van der Waals surface area contributed by atoms with Crippen LogP contribution in [0, 0.1) is 6.92 Å². The van der Waals surface area contributed by atoms with Gasteiger partial charge >= 0.3 is 6.18 Å². The average Bonchev–Trinajstić information content (AvgIpc) is 2.66. The first-order chi connectivity index (χ1) is 13.5. The molecule has 0 aromatic heterocycles. The van der Waals surface area contributed by atoms with Gasteiger partial charge in [-0.1, -0.05) is 32.0 Å². The van der Waals surface area contributed by atoms with Gasteiger partial charge in [-0.15, -0.1) is 0 Å². The predicted octanol–water partition coefficient (Wildman–Crippen LogP) is 3.80. The number of hydrazine groups is 1. The number of nitrogens with zero attached hydrogens (tertiary/aromatic N) is 1. The zero-order chi connectivity index (χ0) is 21.8. The van der Waals surface area contributed by atoms with E-state index in [1.54, 1.807) is 20.8 Å². The third-order valence-corrected chi connectivity index (χ3v) is 6.39. The fourth-order valence-electron chi connectivity index (χ4n) is 2.75. The molecule has 0 spiro atoms. The van der Waals surface area contributed by atoms with E-state index in [-0.39, 0.29) is 29.2 Å². The summed E-state index contributed by atoms with van der Waals surface area (Å²) in [6, 6.07) is 8.79. The van der Waals surface area contributed by atoms with Crippen molar-refractivity contribution in [2.75, 3.05) is 18.5 Å². The standard InChI is InChI=1S/C19H22F3N3O3S/c1-4-25(5-2)29(27,28)14-11-10-13(3)15(12-14)18(26)24-23-17-9-7-6-8-16(17)19(20,21)22/h6-12,23H,4-5H2,1-3H3,(H,24,26). The summed E-state index contributed by atoms with van der Waals surface area (Å²) >= 11 is 0. The van der Waals surface area contributed by atoms with Crippen LogP contribution in [0.5, 0.6) is 0 Å². The Morgan fingerprint density at radius 1 is 1.07 bits per heavy atom. The van der Waals surface area contributed by atoms with Crippen molar-refractivity contribution in [1.29, 1.82) is 0 Å². The topological polar surface area (TPSA) is 78.5 Å². The lowest BCUT2D eigenvalue weighted by Crippen LogP contribution is -2.32. The predicted molar refractivity (Wildman–Crippen MR) is 104 cm³/mol. The van der Waals surface area contributed by atoms with Crippen molar-refractivity contribution < 1.29 is 26.4 Å². The molecule has 0 saturated heterocycles. The van der Waals surface area contributed by atoms with Crippen LogP contribution in [0.1, 0.15) is 35.3 Å². The number of nitrogens with one attached hydrogen (secondary N) is 2. The average molecular weight is 429 g/mol. The molecule has 0 fully saturated rings. The Bertz CT molecular complexity index is 988. The second-order valence-corrected chi connectivity index (χ2v) is 8.13. The number of benzene rings is 2. The number of alkyl halides is 3. The van der Waals surface area contributed by atoms with Gasteiger partial charge < -0.3 is 0 Å². The fourth-order valence-corrected chi connectivity index (χ4v) is 4.23. The number of hydrogen-bond acceptors (Lipinski definition) is 4. The van der Waals surface area contributed by atoms with Crippen LogP contribution in [0.4, 0.5) is 18.9 Å². The van der Waals surface area contributed by atoms with Crippen molar-refractivity contribution in [3.8, 4) is 0 Å². The lowest BCUT2D eigenvalue weighted by molar-refractivity contribution is -0.137. The van der Waals surface area contributed by atoms with Crippen molar-refractivity contribution in [3.63, 3.8) is 0 Å². The van der Waals surface area contributed by atoms with Crippen LogP contribution >= 0.6 is 0 Å². The molecule has 2 rings (SSSR count). The molecule has 0 aliphatic carbocycles. The Hall–Kier alpha value is -2.59. The molecule has 0 aliphatic heterocycles. The first-order valence-electron chi connectivity index (χ1n) is 8.85. The lowest BCUT2D eigenvalue weighted by atomic mass is 10.1. The van der Waals surface area contributed by atoms with Crippen molar-refractivity contribution in [1.82, 2.24) is 9.73 Å². The van der Waals surface area contributed by atoms with Crippen LogP contribution in [0.2, 0.25) is 0 Å². The van der Waals surface area contributed by atoms with Gasteiger partial charge in [0.1, 0.15) is 0 Å². The summed E-state index contributed by atoms with van der Waals surface area (Å²) in [5.41, 5.74) is 3.74. The van der Waals surface area contributed by atoms with Gasteiger partial charge in [0.25, 0.3) is 5.91 Å². The molecule has 10 heteroatoms. The lowest BCUT2D eigenvalue weighted by Gasteiger charge is -2.19. The molecular formula is C19H22F3N3O3S. The molecule has 158 valence electrons. The number of anilines is 1. The molecule has 0 radical (unpaired) electrons. The van der Waals surface area contributed by atoms with Crippen LogP contribution in [-0.2, 0) is 16.2 Å². The van der Waals surface area contributed by atoms with Crippen molar-refractivity contribution in [2.45, 2.75) is 31.8 Å². The second kappa shape index (κ2) is 8.83. The van der Waals surface area contributed by atoms with E-state index in [2.05, 4.69) is 10.9 Å². The summed E-state index contributed by atoms with van der Waals surface area (Å²) in [4.78, 5) is 12.5. The van der Waals surface area contributed by atoms with Crippen LogP contribution in [0.25, 0.3) is 0 Å². The van der Waals surface area contributed by atoms with E-state index in [0.717, 1.165) is 6.07 Å². The summed E-state index contributed by atoms with van der Waals surface area (Å²) in [7, 11) is -3.78. The molecule has 2 N–H and O–H groups in total. The number of rotatable bonds is 7. The minimum absolute atomic E-state index is 0.0372. The third kappa shape index (κ3) is 5.07. The monoisotopic (exact) mass is 429 g/mol. The molecule has 6 nitrogen and oxygen atoms in total. The van der Waals surface area contributed by atoms with E-state index < -0.39 is 27.7 Å². The Labute approximate surface area is 167 Å². The molecule has 0 saturated carbocycles. The Morgan fingerprint density at radius 2 is 1.69 bits per heavy atom. The number of carbonyl (C=O) groups is 1. The van der Waals surface area contributed by atoms with Crippen LogP contribution < -0.4 is 10.9 Å². The molecule has 0 bridgehead atoms. The number of hydrogen-bond donors (Lipinski definition) is 2. The van der Waals surface area contributed by atoms with Gasteiger partial charge in [-0.25, -0.2) is 8.42 Å². The van der Waals surface area contributed by atoms with Crippen molar-refractivity contribution in [3.05, 3.63) is 59.2 Å². The quantitative estimate of drug-likeness (QED) is 0.657. The zero-order valence-corrected chi connectivity index (χ0v) is 17.0. The highest BCUT2D eigenvalue weighted by atomic mass is 32.2. The molecule has 0 aliphatic rings. The maximum atomic E-state index is 13.1. The van der Waals surface area contributed by atoms with Gasteiger partial charge in [-0.05, 0) is 36.8 Å². The molecule has 0 unspecified atom stereocenters. The van der Waals surface area contributed by atoms with Crippen LogP contribution in [0.15, 0.2) is 47.4 Å². The van der Waals surface area contributed by atoms with E-state index >= 15 is 0 Å². The normalized spacial score (nSPS) is 12.1. The van der Waals surface area contributed by atoms with E-state index in [1.807, 2.05) is 0 Å². The summed E-state index contributed by atoms with van der Waals surface area (Å²) in [6.45, 7) is 5.54. The Kier molecular flexibility index (Phi) is 6.91. The molecular weight excluding hydrogens is 407 g/mol. The molecule has 0 atom stereocenters. The molecule has 2 aromatic carbocycles. The maximum Gasteiger partial charge on any atom is 0.418 e. The Morgan fingerprint density at radius 3 is 2.28 bits per heavy atom. The van der Waals surface area contributed by atoms with Crippen LogP contribution in [0.3, 0.4) is 0 Å². The van der Waals surface area contributed by atoms with E-state index in [4.69, 9.17) is 0 Å². The number of halogens is 3. The minimum Gasteiger partial charge on any atom is -0.298 e. The first kappa shape index (κ1) is 22.7. The highest BCUT2D eigenvalue weighted by molar-refractivity contribution is 7.89. The molecule has 1 amide bonds. The van der Waals surface area contributed by atoms with Gasteiger partial charge in [-0.2, -0.15) is 17.5 Å². The summed E-state index contributed by atoms with van der Waals surface area (Å²) in [5.74, 6) is -0.754. The third-order valence-electron chi connectivity index (χ3n) is 4.34. The largest absolute Gasteiger partial charge is 0.418 e. The number of amides is 1. The molecule has 2 aromatic rings. The molecule has 0 heterocycles. The molecule has 29 heavy (non-hydrogen) atoms. The minimum atomic E-state index is -4.60. The number of para-hydroxylation sites is 1. The van der Waals surface area contributed by atoms with Gasteiger partial charge in [0.15, 0.2) is 0 Å². The van der Waals surface area contributed by atoms with E-state index in [1.165, 1.54) is 40.7 Å². The Balaban J connectivity index is 2.29. The van der Waals surface area contributed by atoms with E-state index in [0.29, 0.717) is 5.56 Å². The summed E-state index contributed by atoms with van der Waals surface area (Å²) < 4.78 is 65.8. The second-order valence-electron chi connectivity index (χ2n) is 6.19. The number of aryl methyl sites for hydroxylation is 1. The summed E-state index contributed by atoms with van der Waals surface area (Å²) in [5, 5.41) is 0. The maximum absolute atomic E-state index is 13.1. The number of sulfonamides is 1. The smallest absolute Gasteiger partial charge is 0.298 e. The van der Waals surface area contributed by atoms with Gasteiger partial charge in [0.2, 0.25) is 10.0 Å².